The number of carbonyl (C=O) groups excluding carboxylic acids is 1. The summed E-state index contributed by atoms with van der Waals surface area (Å²) in [5.41, 5.74) is 5.15. The van der Waals surface area contributed by atoms with E-state index in [1.807, 2.05) is 27.7 Å². The van der Waals surface area contributed by atoms with E-state index in [-0.39, 0.29) is 16.9 Å². The lowest BCUT2D eigenvalue weighted by molar-refractivity contribution is -0.158. The Kier molecular flexibility index (Phi) is 5.86. The van der Waals surface area contributed by atoms with Gasteiger partial charge in [-0.15, -0.1) is 0 Å². The van der Waals surface area contributed by atoms with E-state index in [4.69, 9.17) is 10.5 Å². The van der Waals surface area contributed by atoms with Crippen molar-refractivity contribution >= 4 is 5.97 Å². The number of hydrogen-bond acceptors (Lipinski definition) is 3. The third kappa shape index (κ3) is 7.00. The van der Waals surface area contributed by atoms with Gasteiger partial charge in [0.1, 0.15) is 0 Å². The number of rotatable bonds is 7. The molecule has 0 saturated heterocycles. The van der Waals surface area contributed by atoms with E-state index in [1.165, 1.54) is 0 Å². The maximum absolute atomic E-state index is 12.1. The molecule has 18 heavy (non-hydrogen) atoms. The fraction of sp³-hybridized carbons (Fsp3) is 0.933. The van der Waals surface area contributed by atoms with Gasteiger partial charge in [-0.05, 0) is 46.0 Å². The van der Waals surface area contributed by atoms with E-state index in [9.17, 15) is 4.79 Å². The quantitative estimate of drug-likeness (QED) is 0.710. The lowest BCUT2D eigenvalue weighted by atomic mass is 9.80. The Hall–Kier alpha value is -0.570. The molecule has 3 heteroatoms. The highest BCUT2D eigenvalue weighted by molar-refractivity contribution is 5.76. The van der Waals surface area contributed by atoms with Crippen molar-refractivity contribution in [3.05, 3.63) is 0 Å². The van der Waals surface area contributed by atoms with Crippen LogP contribution in [0.25, 0.3) is 0 Å². The van der Waals surface area contributed by atoms with Crippen LogP contribution in [0.1, 0.15) is 67.7 Å². The van der Waals surface area contributed by atoms with Crippen LogP contribution in [0.4, 0.5) is 0 Å². The van der Waals surface area contributed by atoms with Crippen molar-refractivity contribution in [1.82, 2.24) is 0 Å². The molecule has 0 saturated carbocycles. The SMILES string of the molecule is CCCC(C)(C)COC(=O)C(C)(C)CC(C)(C)N. The van der Waals surface area contributed by atoms with Crippen molar-refractivity contribution in [1.29, 1.82) is 0 Å². The highest BCUT2D eigenvalue weighted by atomic mass is 16.5. The largest absolute Gasteiger partial charge is 0.465 e. The van der Waals surface area contributed by atoms with E-state index in [2.05, 4.69) is 20.8 Å². The molecule has 0 heterocycles. The molecule has 0 aromatic heterocycles. The van der Waals surface area contributed by atoms with Gasteiger partial charge >= 0.3 is 5.97 Å². The maximum atomic E-state index is 12.1. The monoisotopic (exact) mass is 257 g/mol. The van der Waals surface area contributed by atoms with Crippen LogP contribution in [0.2, 0.25) is 0 Å². The van der Waals surface area contributed by atoms with Crippen molar-refractivity contribution in [2.45, 2.75) is 73.3 Å². The average molecular weight is 257 g/mol. The van der Waals surface area contributed by atoms with Gasteiger partial charge < -0.3 is 10.5 Å². The first kappa shape index (κ1) is 17.4. The molecule has 0 bridgehead atoms. The van der Waals surface area contributed by atoms with Gasteiger partial charge in [-0.25, -0.2) is 0 Å². The van der Waals surface area contributed by atoms with Gasteiger partial charge in [0.2, 0.25) is 0 Å². The normalized spacial score (nSPS) is 13.6. The van der Waals surface area contributed by atoms with Crippen LogP contribution in [-0.4, -0.2) is 18.1 Å². The summed E-state index contributed by atoms with van der Waals surface area (Å²) in [4.78, 5) is 12.1. The van der Waals surface area contributed by atoms with Crippen molar-refractivity contribution in [2.24, 2.45) is 16.6 Å². The van der Waals surface area contributed by atoms with Crippen LogP contribution in [0.3, 0.4) is 0 Å². The first-order valence-corrected chi connectivity index (χ1v) is 6.86. The summed E-state index contributed by atoms with van der Waals surface area (Å²) in [5.74, 6) is -0.148. The fourth-order valence-corrected chi connectivity index (χ4v) is 2.42. The number of ether oxygens (including phenoxy) is 1. The minimum atomic E-state index is -0.527. The van der Waals surface area contributed by atoms with Crippen LogP contribution in [0.15, 0.2) is 0 Å². The summed E-state index contributed by atoms with van der Waals surface area (Å²) in [6.07, 6.45) is 2.78. The second kappa shape index (κ2) is 6.05. The van der Waals surface area contributed by atoms with Gasteiger partial charge in [0.15, 0.2) is 0 Å². The standard InChI is InChI=1S/C15H31NO2/c1-8-9-13(2,3)11-18-12(17)14(4,5)10-15(6,7)16/h8-11,16H2,1-7H3. The molecule has 0 unspecified atom stereocenters. The molecule has 0 fully saturated rings. The Balaban J connectivity index is 4.40. The zero-order valence-electron chi connectivity index (χ0n) is 13.2. The molecule has 0 aliphatic heterocycles. The molecule has 0 spiro atoms. The fourth-order valence-electron chi connectivity index (χ4n) is 2.42. The molecule has 108 valence electrons. The predicted octanol–water partition coefficient (Wildman–Crippen LogP) is 3.51. The molecule has 0 atom stereocenters. The highest BCUT2D eigenvalue weighted by Crippen LogP contribution is 2.30. The molecule has 0 radical (unpaired) electrons. The Labute approximate surface area is 112 Å². The van der Waals surface area contributed by atoms with E-state index in [0.29, 0.717) is 13.0 Å². The second-order valence-corrected chi connectivity index (χ2v) is 7.54. The van der Waals surface area contributed by atoms with Crippen LogP contribution in [-0.2, 0) is 9.53 Å². The van der Waals surface area contributed by atoms with Crippen molar-refractivity contribution < 1.29 is 9.53 Å². The van der Waals surface area contributed by atoms with Gasteiger partial charge in [-0.3, -0.25) is 4.79 Å². The molecule has 0 aliphatic rings. The van der Waals surface area contributed by atoms with Crippen LogP contribution < -0.4 is 5.73 Å². The van der Waals surface area contributed by atoms with Crippen LogP contribution >= 0.6 is 0 Å². The molecule has 0 aromatic carbocycles. The molecule has 0 aromatic rings. The lowest BCUT2D eigenvalue weighted by Crippen LogP contribution is -2.41. The smallest absolute Gasteiger partial charge is 0.311 e. The van der Waals surface area contributed by atoms with Crippen molar-refractivity contribution in [2.75, 3.05) is 6.61 Å². The Morgan fingerprint density at radius 2 is 1.61 bits per heavy atom. The second-order valence-electron chi connectivity index (χ2n) is 7.54. The van der Waals surface area contributed by atoms with Crippen molar-refractivity contribution in [3.63, 3.8) is 0 Å². The first-order valence-electron chi connectivity index (χ1n) is 6.86. The van der Waals surface area contributed by atoms with E-state index in [1.54, 1.807) is 0 Å². The number of nitrogens with two attached hydrogens (primary N) is 1. The Morgan fingerprint density at radius 3 is 2.00 bits per heavy atom. The summed E-state index contributed by atoms with van der Waals surface area (Å²) < 4.78 is 5.48. The van der Waals surface area contributed by atoms with E-state index >= 15 is 0 Å². The van der Waals surface area contributed by atoms with Gasteiger partial charge in [0, 0.05) is 5.54 Å². The summed E-state index contributed by atoms with van der Waals surface area (Å²) >= 11 is 0. The molecule has 2 N–H and O–H groups in total. The number of esters is 1. The van der Waals surface area contributed by atoms with E-state index in [0.717, 1.165) is 12.8 Å². The Bertz CT molecular complexity index is 275. The predicted molar refractivity (Wildman–Crippen MR) is 76.3 cm³/mol. The van der Waals surface area contributed by atoms with Crippen LogP contribution in [0.5, 0.6) is 0 Å². The average Bonchev–Trinajstić information content (AvgIpc) is 2.10. The molecular formula is C15H31NO2. The number of carbonyl (C=O) groups is 1. The minimum absolute atomic E-state index is 0.0543. The van der Waals surface area contributed by atoms with Crippen molar-refractivity contribution in [3.8, 4) is 0 Å². The zero-order chi connectivity index (χ0) is 14.6. The summed E-state index contributed by atoms with van der Waals surface area (Å²) in [6, 6.07) is 0. The van der Waals surface area contributed by atoms with Gasteiger partial charge in [0.25, 0.3) is 0 Å². The molecule has 0 rings (SSSR count). The molecule has 3 nitrogen and oxygen atoms in total. The molecule has 0 amide bonds. The summed E-state index contributed by atoms with van der Waals surface area (Å²) in [5, 5.41) is 0. The summed E-state index contributed by atoms with van der Waals surface area (Å²) in [7, 11) is 0. The number of hydrogen-bond donors (Lipinski definition) is 1. The summed E-state index contributed by atoms with van der Waals surface area (Å²) in [6.45, 7) is 14.5. The Morgan fingerprint density at radius 1 is 1.11 bits per heavy atom. The highest BCUT2D eigenvalue weighted by Gasteiger charge is 2.35. The third-order valence-corrected chi connectivity index (χ3v) is 2.97. The van der Waals surface area contributed by atoms with Gasteiger partial charge in [-0.1, -0.05) is 27.2 Å². The van der Waals surface area contributed by atoms with Gasteiger partial charge in [0.05, 0.1) is 12.0 Å². The maximum Gasteiger partial charge on any atom is 0.311 e. The lowest BCUT2D eigenvalue weighted by Gasteiger charge is -2.32. The zero-order valence-corrected chi connectivity index (χ0v) is 13.2. The van der Waals surface area contributed by atoms with Crippen LogP contribution in [0, 0.1) is 10.8 Å². The topological polar surface area (TPSA) is 52.3 Å². The minimum Gasteiger partial charge on any atom is -0.465 e. The molecule has 0 aliphatic carbocycles. The van der Waals surface area contributed by atoms with Gasteiger partial charge in [-0.2, -0.15) is 0 Å². The molecular weight excluding hydrogens is 226 g/mol. The first-order chi connectivity index (χ1) is 7.90. The third-order valence-electron chi connectivity index (χ3n) is 2.97. The van der Waals surface area contributed by atoms with E-state index < -0.39 is 5.41 Å².